The summed E-state index contributed by atoms with van der Waals surface area (Å²) in [6.07, 6.45) is 11.3. The second-order valence-corrected chi connectivity index (χ2v) is 10.9. The zero-order valence-electron chi connectivity index (χ0n) is 19.3. The molecular formula is C24H36O7P2. The molecular weight excluding hydrogens is 462 g/mol. The van der Waals surface area contributed by atoms with Gasteiger partial charge in [0.25, 0.3) is 0 Å². The minimum atomic E-state index is -4.68. The van der Waals surface area contributed by atoms with Crippen molar-refractivity contribution in [2.45, 2.75) is 71.1 Å². The molecule has 1 N–H and O–H groups in total. The van der Waals surface area contributed by atoms with Crippen molar-refractivity contribution in [1.82, 2.24) is 0 Å². The van der Waals surface area contributed by atoms with Crippen molar-refractivity contribution in [3.63, 3.8) is 0 Å². The fourth-order valence-electron chi connectivity index (χ4n) is 3.19. The van der Waals surface area contributed by atoms with Crippen LogP contribution in [0.15, 0.2) is 60.7 Å². The predicted molar refractivity (Wildman–Crippen MR) is 130 cm³/mol. The van der Waals surface area contributed by atoms with Crippen LogP contribution in [0.5, 0.6) is 11.5 Å². The van der Waals surface area contributed by atoms with Crippen LogP contribution in [0.25, 0.3) is 0 Å². The van der Waals surface area contributed by atoms with Gasteiger partial charge in [-0.3, -0.25) is 4.52 Å². The van der Waals surface area contributed by atoms with Crippen LogP contribution in [0.4, 0.5) is 0 Å². The zero-order valence-corrected chi connectivity index (χ0v) is 21.1. The van der Waals surface area contributed by atoms with E-state index in [0.29, 0.717) is 6.42 Å². The van der Waals surface area contributed by atoms with Crippen molar-refractivity contribution < 1.29 is 31.9 Å². The van der Waals surface area contributed by atoms with E-state index in [0.717, 1.165) is 19.3 Å². The summed E-state index contributed by atoms with van der Waals surface area (Å²) in [6, 6.07) is 16.3. The van der Waals surface area contributed by atoms with E-state index in [1.54, 1.807) is 36.4 Å². The SMILES string of the molecule is CCCCCCCCCCCCOP(=O)(O)OP(=O)(Oc1ccccc1)Oc1ccccc1. The summed E-state index contributed by atoms with van der Waals surface area (Å²) in [5.41, 5.74) is 0. The van der Waals surface area contributed by atoms with Gasteiger partial charge in [0.15, 0.2) is 0 Å². The van der Waals surface area contributed by atoms with Crippen molar-refractivity contribution in [3.05, 3.63) is 60.7 Å². The van der Waals surface area contributed by atoms with E-state index in [2.05, 4.69) is 6.92 Å². The number of hydrogen-bond acceptors (Lipinski definition) is 6. The fraction of sp³-hybridized carbons (Fsp3) is 0.500. The minimum absolute atomic E-state index is 0.0148. The van der Waals surface area contributed by atoms with Gasteiger partial charge < -0.3 is 13.9 Å². The quantitative estimate of drug-likeness (QED) is 0.163. The van der Waals surface area contributed by atoms with Crippen molar-refractivity contribution >= 4 is 15.6 Å². The molecule has 2 rings (SSSR count). The molecule has 2 aromatic carbocycles. The molecule has 1 atom stereocenters. The maximum absolute atomic E-state index is 13.2. The number of para-hydroxylation sites is 2. The third-order valence-electron chi connectivity index (χ3n) is 4.88. The van der Waals surface area contributed by atoms with Gasteiger partial charge in [-0.05, 0) is 30.7 Å². The van der Waals surface area contributed by atoms with Gasteiger partial charge in [-0.1, -0.05) is 101 Å². The highest BCUT2D eigenvalue weighted by atomic mass is 31.3. The third-order valence-corrected chi connectivity index (χ3v) is 7.88. The normalized spacial score (nSPS) is 13.4. The third kappa shape index (κ3) is 12.4. The number of rotatable bonds is 18. The Hall–Kier alpha value is -1.62. The lowest BCUT2D eigenvalue weighted by Crippen LogP contribution is -2.06. The van der Waals surface area contributed by atoms with Gasteiger partial charge >= 0.3 is 15.6 Å². The molecule has 9 heteroatoms. The van der Waals surface area contributed by atoms with E-state index in [-0.39, 0.29) is 18.1 Å². The van der Waals surface area contributed by atoms with Gasteiger partial charge in [-0.2, -0.15) is 4.31 Å². The molecule has 0 fully saturated rings. The summed E-state index contributed by atoms with van der Waals surface area (Å²) < 4.78 is 46.3. The Labute approximate surface area is 197 Å². The monoisotopic (exact) mass is 498 g/mol. The molecule has 184 valence electrons. The summed E-state index contributed by atoms with van der Waals surface area (Å²) in [5, 5.41) is 0. The first-order chi connectivity index (χ1) is 15.9. The molecule has 0 spiro atoms. The van der Waals surface area contributed by atoms with Crippen molar-refractivity contribution in [1.29, 1.82) is 0 Å². The number of hydrogen-bond donors (Lipinski definition) is 1. The molecule has 7 nitrogen and oxygen atoms in total. The van der Waals surface area contributed by atoms with Gasteiger partial charge in [0.2, 0.25) is 0 Å². The molecule has 0 aliphatic rings. The first-order valence-electron chi connectivity index (χ1n) is 11.7. The summed E-state index contributed by atoms with van der Waals surface area (Å²) in [5.74, 6) is 0.345. The number of phosphoric acid groups is 2. The van der Waals surface area contributed by atoms with Crippen molar-refractivity contribution in [3.8, 4) is 11.5 Å². The highest BCUT2D eigenvalue weighted by molar-refractivity contribution is 7.62. The van der Waals surface area contributed by atoms with E-state index >= 15 is 0 Å². The molecule has 2 aromatic rings. The number of unbranched alkanes of at least 4 members (excludes halogenated alkanes) is 9. The van der Waals surface area contributed by atoms with E-state index in [9.17, 15) is 14.0 Å². The van der Waals surface area contributed by atoms with Gasteiger partial charge in [-0.25, -0.2) is 9.13 Å². The van der Waals surface area contributed by atoms with Gasteiger partial charge in [0, 0.05) is 0 Å². The van der Waals surface area contributed by atoms with Crippen LogP contribution in [-0.2, 0) is 18.0 Å². The van der Waals surface area contributed by atoms with Crippen molar-refractivity contribution in [2.75, 3.05) is 6.61 Å². The fourth-order valence-corrected chi connectivity index (χ4v) is 5.82. The van der Waals surface area contributed by atoms with Gasteiger partial charge in [0.05, 0.1) is 6.61 Å². The highest BCUT2D eigenvalue weighted by Gasteiger charge is 2.41. The molecule has 0 saturated carbocycles. The Morgan fingerprint density at radius 1 is 0.667 bits per heavy atom. The molecule has 0 saturated heterocycles. The first kappa shape index (κ1) is 27.6. The Morgan fingerprint density at radius 2 is 1.09 bits per heavy atom. The summed E-state index contributed by atoms with van der Waals surface area (Å²) in [4.78, 5) is 10.1. The lowest BCUT2D eigenvalue weighted by molar-refractivity contribution is 0.180. The zero-order chi connectivity index (χ0) is 23.8. The second kappa shape index (κ2) is 15.3. The van der Waals surface area contributed by atoms with Crippen LogP contribution in [-0.4, -0.2) is 11.5 Å². The van der Waals surface area contributed by atoms with Crippen LogP contribution < -0.4 is 9.05 Å². The predicted octanol–water partition coefficient (Wildman–Crippen LogP) is 8.31. The summed E-state index contributed by atoms with van der Waals surface area (Å²) in [7, 11) is -9.18. The van der Waals surface area contributed by atoms with E-state index in [1.165, 1.54) is 62.8 Å². The van der Waals surface area contributed by atoms with Gasteiger partial charge in [0.1, 0.15) is 11.5 Å². The summed E-state index contributed by atoms with van der Waals surface area (Å²) in [6.45, 7) is 2.23. The molecule has 0 radical (unpaired) electrons. The Balaban J connectivity index is 1.79. The van der Waals surface area contributed by atoms with Crippen molar-refractivity contribution in [2.24, 2.45) is 0 Å². The smallest absolute Gasteiger partial charge is 0.395 e. The maximum atomic E-state index is 13.2. The maximum Gasteiger partial charge on any atom is 0.596 e. The Kier molecular flexibility index (Phi) is 12.8. The van der Waals surface area contributed by atoms with E-state index < -0.39 is 15.6 Å². The molecule has 33 heavy (non-hydrogen) atoms. The summed E-state index contributed by atoms with van der Waals surface area (Å²) >= 11 is 0. The van der Waals surface area contributed by atoms with E-state index in [4.69, 9.17) is 17.9 Å². The molecule has 0 aliphatic carbocycles. The highest BCUT2D eigenvalue weighted by Crippen LogP contribution is 2.62. The standard InChI is InChI=1S/C24H36O7P2/c1-2-3-4-5-6-7-8-9-10-17-22-28-32(25,26)31-33(27,29-23-18-13-11-14-19-23)30-24-20-15-12-16-21-24/h11-16,18-21H,2-10,17,22H2,1H3,(H,25,26). The molecule has 1 unspecified atom stereocenters. The molecule has 0 heterocycles. The van der Waals surface area contributed by atoms with Crippen LogP contribution in [0.1, 0.15) is 71.1 Å². The molecule has 0 amide bonds. The lowest BCUT2D eigenvalue weighted by Gasteiger charge is -2.21. The van der Waals surface area contributed by atoms with Crippen LogP contribution in [0, 0.1) is 0 Å². The number of benzene rings is 2. The van der Waals surface area contributed by atoms with Crippen LogP contribution in [0.3, 0.4) is 0 Å². The van der Waals surface area contributed by atoms with Crippen LogP contribution >= 0.6 is 15.6 Å². The lowest BCUT2D eigenvalue weighted by atomic mass is 10.1. The van der Waals surface area contributed by atoms with Gasteiger partial charge in [-0.15, -0.1) is 0 Å². The minimum Gasteiger partial charge on any atom is -0.395 e. The van der Waals surface area contributed by atoms with Crippen LogP contribution in [0.2, 0.25) is 0 Å². The number of phosphoric ester groups is 2. The average Bonchev–Trinajstić information content (AvgIpc) is 2.78. The molecule has 0 aliphatic heterocycles. The topological polar surface area (TPSA) is 91.3 Å². The Morgan fingerprint density at radius 3 is 1.55 bits per heavy atom. The van der Waals surface area contributed by atoms with E-state index in [1.807, 2.05) is 0 Å². The first-order valence-corrected chi connectivity index (χ1v) is 14.7. The largest absolute Gasteiger partial charge is 0.596 e. The Bertz CT molecular complexity index is 816. The second-order valence-electron chi connectivity index (χ2n) is 7.82. The molecule has 0 bridgehead atoms. The average molecular weight is 498 g/mol. The molecule has 0 aromatic heterocycles.